The number of carbonyl (C=O) groups excluding carboxylic acids is 1. The van der Waals surface area contributed by atoms with E-state index >= 15 is 0 Å². The number of nitrogens with one attached hydrogen (secondary N) is 1. The van der Waals surface area contributed by atoms with Crippen molar-refractivity contribution in [1.29, 1.82) is 0 Å². The first-order chi connectivity index (χ1) is 8.80. The number of carbonyl (C=O) groups is 2. The van der Waals surface area contributed by atoms with Crippen LogP contribution in [-0.2, 0) is 16.0 Å². The standard InChI is InChI=1S/C12H12F3NO3/c13-12(14,15)11(19)16-9(10(17)18)7-6-8-4-2-1-3-5-8/h1-5,9H,6-7H2,(H,16,19)(H,17,18)/t9-/m0/s1. The average Bonchev–Trinajstić information content (AvgIpc) is 2.33. The molecule has 0 fully saturated rings. The molecule has 0 aliphatic rings. The van der Waals surface area contributed by atoms with Gasteiger partial charge in [-0.05, 0) is 18.4 Å². The van der Waals surface area contributed by atoms with Gasteiger partial charge >= 0.3 is 18.1 Å². The number of amides is 1. The molecule has 0 saturated heterocycles. The van der Waals surface area contributed by atoms with Gasteiger partial charge < -0.3 is 10.4 Å². The Morgan fingerprint density at radius 1 is 1.21 bits per heavy atom. The molecule has 1 aromatic carbocycles. The number of benzene rings is 1. The van der Waals surface area contributed by atoms with Crippen molar-refractivity contribution in [2.24, 2.45) is 0 Å². The Balaban J connectivity index is 2.59. The van der Waals surface area contributed by atoms with Crippen molar-refractivity contribution < 1.29 is 27.9 Å². The fourth-order valence-corrected chi connectivity index (χ4v) is 1.45. The molecule has 7 heteroatoms. The lowest BCUT2D eigenvalue weighted by molar-refractivity contribution is -0.175. The predicted molar refractivity (Wildman–Crippen MR) is 60.4 cm³/mol. The van der Waals surface area contributed by atoms with Gasteiger partial charge in [0.2, 0.25) is 0 Å². The quantitative estimate of drug-likeness (QED) is 0.860. The van der Waals surface area contributed by atoms with Crippen LogP contribution in [0, 0.1) is 0 Å². The zero-order valence-corrected chi connectivity index (χ0v) is 9.78. The Kier molecular flexibility index (Phi) is 4.91. The lowest BCUT2D eigenvalue weighted by Crippen LogP contribution is -2.47. The first-order valence-electron chi connectivity index (χ1n) is 5.45. The smallest absolute Gasteiger partial charge is 0.471 e. The molecule has 0 unspecified atom stereocenters. The van der Waals surface area contributed by atoms with Gasteiger partial charge in [0.1, 0.15) is 6.04 Å². The van der Waals surface area contributed by atoms with E-state index in [4.69, 9.17) is 5.11 Å². The summed E-state index contributed by atoms with van der Waals surface area (Å²) < 4.78 is 36.1. The molecule has 1 rings (SSSR count). The highest BCUT2D eigenvalue weighted by atomic mass is 19.4. The third-order valence-corrected chi connectivity index (χ3v) is 2.43. The van der Waals surface area contributed by atoms with Crippen molar-refractivity contribution in [2.45, 2.75) is 25.1 Å². The number of rotatable bonds is 5. The number of alkyl halides is 3. The van der Waals surface area contributed by atoms with Gasteiger partial charge in [0.15, 0.2) is 0 Å². The Bertz CT molecular complexity index is 445. The molecule has 0 heterocycles. The van der Waals surface area contributed by atoms with Crippen molar-refractivity contribution >= 4 is 11.9 Å². The van der Waals surface area contributed by atoms with Crippen LogP contribution in [0.2, 0.25) is 0 Å². The largest absolute Gasteiger partial charge is 0.480 e. The Morgan fingerprint density at radius 3 is 2.26 bits per heavy atom. The van der Waals surface area contributed by atoms with Crippen LogP contribution in [0.4, 0.5) is 13.2 Å². The minimum atomic E-state index is -5.08. The van der Waals surface area contributed by atoms with Crippen LogP contribution in [0.1, 0.15) is 12.0 Å². The molecule has 0 aliphatic heterocycles. The highest BCUT2D eigenvalue weighted by Crippen LogP contribution is 2.15. The van der Waals surface area contributed by atoms with Gasteiger partial charge in [0.05, 0.1) is 0 Å². The van der Waals surface area contributed by atoms with Crippen LogP contribution >= 0.6 is 0 Å². The number of aliphatic carboxylic acids is 1. The summed E-state index contributed by atoms with van der Waals surface area (Å²) in [5, 5.41) is 10.2. The molecule has 0 aromatic heterocycles. The lowest BCUT2D eigenvalue weighted by atomic mass is 10.1. The highest BCUT2D eigenvalue weighted by Gasteiger charge is 2.40. The summed E-state index contributed by atoms with van der Waals surface area (Å²) in [6, 6.07) is 7.13. The number of carboxylic acid groups (broad SMARTS) is 1. The van der Waals surface area contributed by atoms with Gasteiger partial charge in [-0.3, -0.25) is 4.79 Å². The SMILES string of the molecule is O=C(O)[C@H](CCc1ccccc1)NC(=O)C(F)(F)F. The molecular formula is C12H12F3NO3. The molecule has 0 aliphatic carbocycles. The fourth-order valence-electron chi connectivity index (χ4n) is 1.45. The van der Waals surface area contributed by atoms with Gasteiger partial charge in [-0.25, -0.2) is 4.79 Å². The summed E-state index contributed by atoms with van der Waals surface area (Å²) >= 11 is 0. The van der Waals surface area contributed by atoms with E-state index in [1.165, 1.54) is 5.32 Å². The number of hydrogen-bond acceptors (Lipinski definition) is 2. The second-order valence-corrected chi connectivity index (χ2v) is 3.89. The molecule has 1 aromatic rings. The lowest BCUT2D eigenvalue weighted by Gasteiger charge is -2.15. The van der Waals surface area contributed by atoms with Crippen LogP contribution < -0.4 is 5.32 Å². The number of halogens is 3. The van der Waals surface area contributed by atoms with Gasteiger partial charge in [-0.2, -0.15) is 13.2 Å². The maximum atomic E-state index is 12.0. The van der Waals surface area contributed by atoms with Crippen molar-refractivity contribution in [3.8, 4) is 0 Å². The average molecular weight is 275 g/mol. The first-order valence-corrected chi connectivity index (χ1v) is 5.45. The summed E-state index contributed by atoms with van der Waals surface area (Å²) in [6.07, 6.45) is -4.93. The van der Waals surface area contributed by atoms with Gasteiger partial charge in [-0.1, -0.05) is 30.3 Å². The van der Waals surface area contributed by atoms with Crippen molar-refractivity contribution in [3.63, 3.8) is 0 Å². The summed E-state index contributed by atoms with van der Waals surface area (Å²) in [6.45, 7) is 0. The summed E-state index contributed by atoms with van der Waals surface area (Å²) in [5.74, 6) is -3.73. The third kappa shape index (κ3) is 4.99. The molecule has 1 atom stereocenters. The maximum Gasteiger partial charge on any atom is 0.471 e. The van der Waals surface area contributed by atoms with Crippen molar-refractivity contribution in [3.05, 3.63) is 35.9 Å². The van der Waals surface area contributed by atoms with Crippen molar-refractivity contribution in [2.75, 3.05) is 0 Å². The number of aryl methyl sites for hydroxylation is 1. The molecule has 1 amide bonds. The summed E-state index contributed by atoms with van der Waals surface area (Å²) in [5.41, 5.74) is 0.787. The van der Waals surface area contributed by atoms with Crippen LogP contribution in [0.15, 0.2) is 30.3 Å². The van der Waals surface area contributed by atoms with E-state index in [1.54, 1.807) is 30.3 Å². The van der Waals surface area contributed by atoms with E-state index in [2.05, 4.69) is 0 Å². The molecule has 2 N–H and O–H groups in total. The second kappa shape index (κ2) is 6.21. The monoisotopic (exact) mass is 275 g/mol. The van der Waals surface area contributed by atoms with E-state index in [9.17, 15) is 22.8 Å². The summed E-state index contributed by atoms with van der Waals surface area (Å²) in [7, 11) is 0. The van der Waals surface area contributed by atoms with Gasteiger partial charge in [0, 0.05) is 0 Å². The normalized spacial score (nSPS) is 12.8. The molecule has 0 saturated carbocycles. The van der Waals surface area contributed by atoms with E-state index in [0.29, 0.717) is 0 Å². The van der Waals surface area contributed by atoms with Crippen molar-refractivity contribution in [1.82, 2.24) is 5.32 Å². The third-order valence-electron chi connectivity index (χ3n) is 2.43. The van der Waals surface area contributed by atoms with Crippen LogP contribution in [0.25, 0.3) is 0 Å². The molecule has 4 nitrogen and oxygen atoms in total. The van der Waals surface area contributed by atoms with E-state index in [-0.39, 0.29) is 12.8 Å². The minimum absolute atomic E-state index is 0.110. The number of carboxylic acids is 1. The van der Waals surface area contributed by atoms with E-state index in [0.717, 1.165) is 5.56 Å². The highest BCUT2D eigenvalue weighted by molar-refractivity contribution is 5.86. The zero-order valence-electron chi connectivity index (χ0n) is 9.78. The number of hydrogen-bond donors (Lipinski definition) is 2. The molecule has 0 bridgehead atoms. The summed E-state index contributed by atoms with van der Waals surface area (Å²) in [4.78, 5) is 21.5. The van der Waals surface area contributed by atoms with Crippen LogP contribution in [0.5, 0.6) is 0 Å². The van der Waals surface area contributed by atoms with Gasteiger partial charge in [-0.15, -0.1) is 0 Å². The van der Waals surface area contributed by atoms with E-state index in [1.807, 2.05) is 0 Å². The maximum absolute atomic E-state index is 12.0. The minimum Gasteiger partial charge on any atom is -0.480 e. The van der Waals surface area contributed by atoms with Gasteiger partial charge in [0.25, 0.3) is 0 Å². The fraction of sp³-hybridized carbons (Fsp3) is 0.333. The molecule has 0 radical (unpaired) electrons. The zero-order chi connectivity index (χ0) is 14.5. The second-order valence-electron chi connectivity index (χ2n) is 3.89. The first kappa shape index (κ1) is 15.0. The van der Waals surface area contributed by atoms with E-state index < -0.39 is 24.1 Å². The topological polar surface area (TPSA) is 66.4 Å². The molecule has 19 heavy (non-hydrogen) atoms. The molecule has 104 valence electrons. The predicted octanol–water partition coefficient (Wildman–Crippen LogP) is 1.75. The Hall–Kier alpha value is -2.05. The Labute approximate surface area is 107 Å². The molecular weight excluding hydrogens is 263 g/mol. The van der Waals surface area contributed by atoms with Crippen LogP contribution in [-0.4, -0.2) is 29.2 Å². The van der Waals surface area contributed by atoms with Crippen LogP contribution in [0.3, 0.4) is 0 Å². The molecule has 0 spiro atoms. The Morgan fingerprint density at radius 2 is 1.79 bits per heavy atom.